The lowest BCUT2D eigenvalue weighted by Crippen LogP contribution is -2.38. The van der Waals surface area contributed by atoms with Gasteiger partial charge in [0.25, 0.3) is 0 Å². The van der Waals surface area contributed by atoms with Gasteiger partial charge in [-0.3, -0.25) is 9.80 Å². The third kappa shape index (κ3) is 6.38. The first-order valence-corrected chi connectivity index (χ1v) is 23.7. The van der Waals surface area contributed by atoms with Gasteiger partial charge in [-0.25, -0.2) is 15.0 Å². The van der Waals surface area contributed by atoms with Crippen molar-refractivity contribution in [1.29, 1.82) is 0 Å². The van der Waals surface area contributed by atoms with Gasteiger partial charge < -0.3 is 26.2 Å². The highest BCUT2D eigenvalue weighted by Crippen LogP contribution is 2.51. The average Bonchev–Trinajstić information content (AvgIpc) is 3.42. The van der Waals surface area contributed by atoms with Crippen molar-refractivity contribution in [2.75, 3.05) is 20.4 Å². The first-order valence-electron chi connectivity index (χ1n) is 23.7. The molecule has 6 aliphatic rings. The van der Waals surface area contributed by atoms with Crippen molar-refractivity contribution in [2.45, 2.75) is 0 Å². The summed E-state index contributed by atoms with van der Waals surface area (Å²) in [6, 6.07) is 60.8. The number of aliphatic imine (C=N–C) groups is 3. The number of allylic oxidation sites excluding steroid dienone is 8. The summed E-state index contributed by atoms with van der Waals surface area (Å²) in [5.41, 5.74) is 12.0. The van der Waals surface area contributed by atoms with E-state index in [-0.39, 0.29) is 23.0 Å². The molecule has 0 aromatic heterocycles. The molecule has 2 unspecified atom stereocenters. The van der Waals surface area contributed by atoms with Crippen LogP contribution in [0.25, 0.3) is 27.1 Å². The van der Waals surface area contributed by atoms with Crippen molar-refractivity contribution in [3.63, 3.8) is 0 Å². The van der Waals surface area contributed by atoms with E-state index >= 15 is 0 Å². The van der Waals surface area contributed by atoms with E-state index < -0.39 is 5.92 Å². The van der Waals surface area contributed by atoms with E-state index in [2.05, 4.69) is 98.6 Å². The summed E-state index contributed by atoms with van der Waals surface area (Å²) in [4.78, 5) is 19.8. The molecule has 8 aromatic carbocycles. The largest absolute Gasteiger partial charge is 0.872 e. The van der Waals surface area contributed by atoms with Crippen molar-refractivity contribution in [1.82, 2.24) is 5.32 Å². The van der Waals surface area contributed by atoms with Gasteiger partial charge in [-0.1, -0.05) is 138 Å². The first-order chi connectivity index (χ1) is 35.1. The van der Waals surface area contributed by atoms with Crippen LogP contribution < -0.4 is 36.0 Å². The van der Waals surface area contributed by atoms with E-state index in [1.165, 1.54) is 0 Å². The Kier molecular flexibility index (Phi) is 9.09. The zero-order chi connectivity index (χ0) is 47.2. The third-order valence-electron chi connectivity index (χ3n) is 14.1. The van der Waals surface area contributed by atoms with E-state index in [0.29, 0.717) is 28.9 Å². The second-order valence-corrected chi connectivity index (χ2v) is 18.1. The Hall–Kier alpha value is -9.67. The Morgan fingerprint density at radius 2 is 0.930 bits per heavy atom. The van der Waals surface area contributed by atoms with Gasteiger partial charge in [0.05, 0.1) is 28.4 Å². The van der Waals surface area contributed by atoms with E-state index in [4.69, 9.17) is 15.0 Å². The maximum Gasteiger partial charge on any atom is 0.213 e. The smallest absolute Gasteiger partial charge is 0.213 e. The van der Waals surface area contributed by atoms with Crippen molar-refractivity contribution in [2.24, 2.45) is 26.8 Å². The van der Waals surface area contributed by atoms with Gasteiger partial charge >= 0.3 is 0 Å². The summed E-state index contributed by atoms with van der Waals surface area (Å²) in [7, 11) is 0. The fourth-order valence-electron chi connectivity index (χ4n) is 10.9. The van der Waals surface area contributed by atoms with Crippen LogP contribution in [0.2, 0.25) is 0 Å². The van der Waals surface area contributed by atoms with Gasteiger partial charge in [0.2, 0.25) is 11.9 Å². The van der Waals surface area contributed by atoms with Gasteiger partial charge in [0, 0.05) is 62.2 Å². The number of hydrogen-bond donors (Lipinski definition) is 3. The molecule has 3 heterocycles. The lowest BCUT2D eigenvalue weighted by Gasteiger charge is -2.46. The van der Waals surface area contributed by atoms with Crippen LogP contribution in [0.15, 0.2) is 261 Å². The van der Waals surface area contributed by atoms with Crippen LogP contribution in [0.1, 0.15) is 11.1 Å². The van der Waals surface area contributed by atoms with Gasteiger partial charge in [-0.05, 0) is 113 Å². The molecule has 0 fully saturated rings. The van der Waals surface area contributed by atoms with Crippen LogP contribution in [0, 0.1) is 11.8 Å². The molecule has 14 rings (SSSR count). The Morgan fingerprint density at radius 3 is 1.45 bits per heavy atom. The molecule has 0 radical (unpaired) electrons. The Bertz CT molecular complexity index is 3790. The number of benzene rings is 8. The predicted molar refractivity (Wildman–Crippen MR) is 283 cm³/mol. The van der Waals surface area contributed by atoms with E-state index in [1.807, 2.05) is 140 Å². The second-order valence-electron chi connectivity index (χ2n) is 18.1. The van der Waals surface area contributed by atoms with Crippen LogP contribution in [0.5, 0.6) is 0 Å². The summed E-state index contributed by atoms with van der Waals surface area (Å²) in [6.07, 6.45) is 10.1. The first kappa shape index (κ1) is 40.4. The second kappa shape index (κ2) is 16.0. The standard InChI is InChI=1S/C61H42N8O2/c70-57-55(58(71)56(57)44-31-34-50-53-41(44)25-14-28-47(53)64-60(66-50)68(36-16-5-1-6-17-36)37-18-7-2-8-19-37)43-30-33-49-52-40(43)24-13-27-46(52)62-59(63-49)45-32-35-51-54-42(45)26-15-29-48(54)65-61(67-51)69(38-20-9-3-10-21-38)39-22-11-4-12-23-39/h1-35,40,43,70-71H,(H,62,63)(H,64,66)(H,65,67)/p-2. The number of guanidine groups is 2. The monoisotopic (exact) mass is 916 g/mol. The number of rotatable bonds is 7. The molecule has 3 aliphatic heterocycles. The number of para-hydroxylation sites is 4. The maximum absolute atomic E-state index is 14.5. The van der Waals surface area contributed by atoms with Crippen LogP contribution in [-0.2, 0) is 0 Å². The Balaban J connectivity index is 0.775. The lowest BCUT2D eigenvalue weighted by atomic mass is 9.69. The molecule has 3 aliphatic carbocycles. The molecule has 3 N–H and O–H groups in total. The molecule has 338 valence electrons. The predicted octanol–water partition coefficient (Wildman–Crippen LogP) is 11.8. The van der Waals surface area contributed by atoms with Crippen molar-refractivity contribution in [3.05, 3.63) is 258 Å². The Morgan fingerprint density at radius 1 is 0.437 bits per heavy atom. The minimum atomic E-state index is -0.447. The fraction of sp³-hybridized carbons (Fsp3) is 0.0328. The van der Waals surface area contributed by atoms with Crippen LogP contribution >= 0.6 is 0 Å². The van der Waals surface area contributed by atoms with Gasteiger partial charge in [-0.15, -0.1) is 0 Å². The summed E-state index contributed by atoms with van der Waals surface area (Å²) < 4.78 is 0. The molecular weight excluding hydrogens is 877 g/mol. The maximum atomic E-state index is 14.5. The number of amidine groups is 1. The van der Waals surface area contributed by atoms with Crippen molar-refractivity contribution < 1.29 is 10.2 Å². The van der Waals surface area contributed by atoms with Crippen molar-refractivity contribution in [3.8, 4) is 0 Å². The number of anilines is 6. The third-order valence-corrected chi connectivity index (χ3v) is 14.1. The molecule has 0 saturated heterocycles. The van der Waals surface area contributed by atoms with E-state index in [9.17, 15) is 10.2 Å². The highest BCUT2D eigenvalue weighted by atomic mass is 16.3. The fourth-order valence-corrected chi connectivity index (χ4v) is 10.9. The number of nitrogens with one attached hydrogen (secondary N) is 3. The highest BCUT2D eigenvalue weighted by Gasteiger charge is 2.38. The summed E-state index contributed by atoms with van der Waals surface area (Å²) >= 11 is 0. The minimum absolute atomic E-state index is 0.209. The van der Waals surface area contributed by atoms with Gasteiger partial charge in [0.15, 0.2) is 0 Å². The molecule has 2 atom stereocenters. The quantitative estimate of drug-likeness (QED) is 0.145. The summed E-state index contributed by atoms with van der Waals surface area (Å²) in [5, 5.41) is 43.6. The van der Waals surface area contributed by atoms with Crippen molar-refractivity contribution >= 4 is 90.4 Å². The Labute approximate surface area is 409 Å². The topological polar surface area (TPSA) is 126 Å². The number of nitrogens with zero attached hydrogens (tertiary/aromatic N) is 5. The zero-order valence-corrected chi connectivity index (χ0v) is 37.9. The molecule has 0 amide bonds. The lowest BCUT2D eigenvalue weighted by molar-refractivity contribution is -0.325. The summed E-state index contributed by atoms with van der Waals surface area (Å²) in [6.45, 7) is 0. The van der Waals surface area contributed by atoms with Gasteiger partial charge in [-0.2, -0.15) is 0 Å². The van der Waals surface area contributed by atoms with Crippen LogP contribution in [-0.4, -0.2) is 17.8 Å². The molecule has 0 spiro atoms. The molecule has 0 saturated carbocycles. The van der Waals surface area contributed by atoms with E-state index in [0.717, 1.165) is 89.6 Å². The molecule has 10 heteroatoms. The average molecular weight is 917 g/mol. The van der Waals surface area contributed by atoms with E-state index in [1.54, 1.807) is 0 Å². The summed E-state index contributed by atoms with van der Waals surface area (Å²) in [5.74, 6) is 0.904. The molecule has 10 nitrogen and oxygen atoms in total. The molecule has 0 bridgehead atoms. The highest BCUT2D eigenvalue weighted by molar-refractivity contribution is 6.24. The van der Waals surface area contributed by atoms with Gasteiger partial charge in [0.1, 0.15) is 5.84 Å². The SMILES string of the molecule is [O-]C1=C(c2ccc3c4c(cccc24)N=C(N(c2ccccc2)c2ccccc2)N3)C([O-])=C1C1C=CC2=C3C(=CC=CC31)NC(c1ccc3c4c(cccc14)N=C(N(c1ccccc1)c1ccccc1)N3)=N2. The molecular formula is C61H40N8O2-2. The normalized spacial score (nSPS) is 18.1. The zero-order valence-electron chi connectivity index (χ0n) is 37.9. The molecule has 8 aromatic rings. The number of hydrogen-bond acceptors (Lipinski definition) is 10. The minimum Gasteiger partial charge on any atom is -0.872 e. The van der Waals surface area contributed by atoms with Crippen LogP contribution in [0.4, 0.5) is 45.5 Å². The molecule has 71 heavy (non-hydrogen) atoms. The van der Waals surface area contributed by atoms with Crippen LogP contribution in [0.3, 0.4) is 0 Å².